The first-order valence-corrected chi connectivity index (χ1v) is 3.97. The van der Waals surface area contributed by atoms with Gasteiger partial charge in [0.15, 0.2) is 0 Å². The summed E-state index contributed by atoms with van der Waals surface area (Å²) in [4.78, 5) is 10.8. The summed E-state index contributed by atoms with van der Waals surface area (Å²) in [6, 6.07) is 0. The highest BCUT2D eigenvalue weighted by atomic mass is 16.5. The van der Waals surface area contributed by atoms with E-state index in [4.69, 9.17) is 4.74 Å². The Labute approximate surface area is 77.3 Å². The number of allylic oxidation sites excluding steroid dienone is 4. The SMILES string of the molecule is COC(=O)/C=C1\C=CC(OC)=CC1. The second-order valence-corrected chi connectivity index (χ2v) is 2.59. The van der Waals surface area contributed by atoms with Gasteiger partial charge in [0.1, 0.15) is 5.76 Å². The lowest BCUT2D eigenvalue weighted by Gasteiger charge is -2.07. The normalized spacial score (nSPS) is 18.3. The molecule has 0 heterocycles. The van der Waals surface area contributed by atoms with Crippen molar-refractivity contribution in [2.24, 2.45) is 0 Å². The molecule has 0 aromatic rings. The van der Waals surface area contributed by atoms with E-state index in [2.05, 4.69) is 4.74 Å². The van der Waals surface area contributed by atoms with Gasteiger partial charge in [-0.1, -0.05) is 6.08 Å². The van der Waals surface area contributed by atoms with Gasteiger partial charge in [0.25, 0.3) is 0 Å². The Balaban J connectivity index is 2.61. The lowest BCUT2D eigenvalue weighted by molar-refractivity contribution is -0.134. The van der Waals surface area contributed by atoms with E-state index in [1.165, 1.54) is 13.2 Å². The fraction of sp³-hybridized carbons (Fsp3) is 0.300. The van der Waals surface area contributed by atoms with E-state index < -0.39 is 0 Å². The van der Waals surface area contributed by atoms with Crippen LogP contribution in [0.1, 0.15) is 6.42 Å². The van der Waals surface area contributed by atoms with Crippen LogP contribution in [0.15, 0.2) is 35.6 Å². The summed E-state index contributed by atoms with van der Waals surface area (Å²) in [5, 5.41) is 0. The Morgan fingerprint density at radius 3 is 2.69 bits per heavy atom. The summed E-state index contributed by atoms with van der Waals surface area (Å²) >= 11 is 0. The number of carbonyl (C=O) groups is 1. The largest absolute Gasteiger partial charge is 0.497 e. The molecule has 0 aromatic heterocycles. The summed E-state index contributed by atoms with van der Waals surface area (Å²) in [5.41, 5.74) is 0.924. The van der Waals surface area contributed by atoms with Gasteiger partial charge in [0.05, 0.1) is 14.2 Å². The van der Waals surface area contributed by atoms with Crippen molar-refractivity contribution in [2.45, 2.75) is 6.42 Å². The number of esters is 1. The van der Waals surface area contributed by atoms with E-state index in [-0.39, 0.29) is 5.97 Å². The first-order chi connectivity index (χ1) is 6.26. The number of methoxy groups -OCH3 is 2. The Hall–Kier alpha value is -1.51. The zero-order valence-corrected chi connectivity index (χ0v) is 7.74. The molecule has 0 saturated carbocycles. The lowest BCUT2D eigenvalue weighted by Crippen LogP contribution is -1.98. The number of hydrogen-bond donors (Lipinski definition) is 0. The van der Waals surface area contributed by atoms with E-state index in [1.807, 2.05) is 18.2 Å². The summed E-state index contributed by atoms with van der Waals surface area (Å²) in [5.74, 6) is 0.496. The molecule has 1 rings (SSSR count). The first kappa shape index (κ1) is 9.58. The van der Waals surface area contributed by atoms with Crippen molar-refractivity contribution in [3.05, 3.63) is 35.6 Å². The third-order valence-corrected chi connectivity index (χ3v) is 1.74. The van der Waals surface area contributed by atoms with Crippen LogP contribution in [0.4, 0.5) is 0 Å². The van der Waals surface area contributed by atoms with Gasteiger partial charge in [-0.05, 0) is 24.1 Å². The molecule has 1 aliphatic carbocycles. The van der Waals surface area contributed by atoms with Crippen molar-refractivity contribution >= 4 is 5.97 Å². The fourth-order valence-corrected chi connectivity index (χ4v) is 1.01. The smallest absolute Gasteiger partial charge is 0.330 e. The maximum absolute atomic E-state index is 10.8. The molecule has 0 atom stereocenters. The van der Waals surface area contributed by atoms with Crippen LogP contribution in [-0.2, 0) is 14.3 Å². The van der Waals surface area contributed by atoms with E-state index in [1.54, 1.807) is 7.11 Å². The predicted octanol–water partition coefficient (Wildman–Crippen LogP) is 1.58. The van der Waals surface area contributed by atoms with Crippen LogP contribution in [0.3, 0.4) is 0 Å². The summed E-state index contributed by atoms with van der Waals surface area (Å²) in [6.07, 6.45) is 7.75. The minimum atomic E-state index is -0.325. The van der Waals surface area contributed by atoms with Crippen molar-refractivity contribution < 1.29 is 14.3 Å². The van der Waals surface area contributed by atoms with Crippen LogP contribution in [0.5, 0.6) is 0 Å². The van der Waals surface area contributed by atoms with Gasteiger partial charge < -0.3 is 9.47 Å². The van der Waals surface area contributed by atoms with Crippen molar-refractivity contribution in [1.82, 2.24) is 0 Å². The predicted molar refractivity (Wildman–Crippen MR) is 48.9 cm³/mol. The molecular weight excluding hydrogens is 168 g/mol. The van der Waals surface area contributed by atoms with Crippen molar-refractivity contribution in [2.75, 3.05) is 14.2 Å². The molecule has 0 spiro atoms. The van der Waals surface area contributed by atoms with E-state index in [0.717, 1.165) is 11.3 Å². The summed E-state index contributed by atoms with van der Waals surface area (Å²) < 4.78 is 9.51. The van der Waals surface area contributed by atoms with Gasteiger partial charge in [0, 0.05) is 6.08 Å². The molecule has 0 saturated heterocycles. The molecule has 0 aromatic carbocycles. The van der Waals surface area contributed by atoms with Crippen molar-refractivity contribution in [1.29, 1.82) is 0 Å². The second kappa shape index (κ2) is 4.50. The van der Waals surface area contributed by atoms with Crippen LogP contribution in [0.2, 0.25) is 0 Å². The Bertz CT molecular complexity index is 285. The van der Waals surface area contributed by atoms with Crippen LogP contribution in [0, 0.1) is 0 Å². The van der Waals surface area contributed by atoms with E-state index >= 15 is 0 Å². The zero-order chi connectivity index (χ0) is 9.68. The minimum Gasteiger partial charge on any atom is -0.497 e. The molecule has 3 heteroatoms. The molecule has 0 fully saturated rings. The van der Waals surface area contributed by atoms with Crippen LogP contribution in [-0.4, -0.2) is 20.2 Å². The van der Waals surface area contributed by atoms with E-state index in [9.17, 15) is 4.79 Å². The van der Waals surface area contributed by atoms with Gasteiger partial charge in [-0.25, -0.2) is 4.79 Å². The fourth-order valence-electron chi connectivity index (χ4n) is 1.01. The average molecular weight is 180 g/mol. The molecule has 3 nitrogen and oxygen atoms in total. The monoisotopic (exact) mass is 180 g/mol. The highest BCUT2D eigenvalue weighted by molar-refractivity contribution is 5.83. The topological polar surface area (TPSA) is 35.5 Å². The van der Waals surface area contributed by atoms with Gasteiger partial charge in [-0.2, -0.15) is 0 Å². The van der Waals surface area contributed by atoms with Gasteiger partial charge >= 0.3 is 5.97 Å². The molecule has 0 radical (unpaired) electrons. The standard InChI is InChI=1S/C10H12O3/c1-12-9-5-3-8(4-6-9)7-10(11)13-2/h3,5-7H,4H2,1-2H3/b8-7+. The highest BCUT2D eigenvalue weighted by Crippen LogP contribution is 2.15. The van der Waals surface area contributed by atoms with Gasteiger partial charge in [-0.3, -0.25) is 0 Å². The maximum atomic E-state index is 10.8. The van der Waals surface area contributed by atoms with Crippen LogP contribution >= 0.6 is 0 Å². The number of rotatable bonds is 2. The Kier molecular flexibility index (Phi) is 3.31. The summed E-state index contributed by atoms with van der Waals surface area (Å²) in [6.45, 7) is 0. The van der Waals surface area contributed by atoms with E-state index in [0.29, 0.717) is 6.42 Å². The third-order valence-electron chi connectivity index (χ3n) is 1.74. The summed E-state index contributed by atoms with van der Waals surface area (Å²) in [7, 11) is 2.98. The molecule has 70 valence electrons. The highest BCUT2D eigenvalue weighted by Gasteiger charge is 2.02. The van der Waals surface area contributed by atoms with Gasteiger partial charge in [0.2, 0.25) is 0 Å². The maximum Gasteiger partial charge on any atom is 0.330 e. The molecule has 0 N–H and O–H groups in total. The Morgan fingerprint density at radius 2 is 2.23 bits per heavy atom. The first-order valence-electron chi connectivity index (χ1n) is 3.97. The zero-order valence-electron chi connectivity index (χ0n) is 7.74. The van der Waals surface area contributed by atoms with Gasteiger partial charge in [-0.15, -0.1) is 0 Å². The second-order valence-electron chi connectivity index (χ2n) is 2.59. The Morgan fingerprint density at radius 1 is 1.46 bits per heavy atom. The van der Waals surface area contributed by atoms with Crippen LogP contribution < -0.4 is 0 Å². The molecule has 0 amide bonds. The van der Waals surface area contributed by atoms with Crippen LogP contribution in [0.25, 0.3) is 0 Å². The number of carbonyl (C=O) groups excluding carboxylic acids is 1. The molecule has 0 unspecified atom stereocenters. The molecule has 0 bridgehead atoms. The third kappa shape index (κ3) is 2.78. The molecule has 0 aliphatic heterocycles. The van der Waals surface area contributed by atoms with Crippen molar-refractivity contribution in [3.8, 4) is 0 Å². The minimum absolute atomic E-state index is 0.325. The molecule has 1 aliphatic rings. The lowest BCUT2D eigenvalue weighted by atomic mass is 10.1. The molecular formula is C10H12O3. The quantitative estimate of drug-likeness (QED) is 0.478. The van der Waals surface area contributed by atoms with Crippen molar-refractivity contribution in [3.63, 3.8) is 0 Å². The average Bonchev–Trinajstić information content (AvgIpc) is 2.19. The number of hydrogen-bond acceptors (Lipinski definition) is 3. The number of ether oxygens (including phenoxy) is 2. The molecule has 13 heavy (non-hydrogen) atoms.